The number of amides is 1. The first-order valence-corrected chi connectivity index (χ1v) is 16.5. The third-order valence-corrected chi connectivity index (χ3v) is 8.12. The predicted molar refractivity (Wildman–Crippen MR) is 180 cm³/mol. The van der Waals surface area contributed by atoms with Gasteiger partial charge in [0.2, 0.25) is 11.8 Å². The number of ether oxygens (including phenoxy) is 2. The molecule has 0 saturated carbocycles. The van der Waals surface area contributed by atoms with E-state index in [-0.39, 0.29) is 30.1 Å². The van der Waals surface area contributed by atoms with Gasteiger partial charge in [-0.3, -0.25) is 9.69 Å². The van der Waals surface area contributed by atoms with E-state index >= 15 is 0 Å². The maximum Gasteiger partial charge on any atom is 0.251 e. The number of nitriles is 1. The van der Waals surface area contributed by atoms with Crippen LogP contribution >= 0.6 is 0 Å². The molecule has 1 fully saturated rings. The Kier molecular flexibility index (Phi) is 12.5. The van der Waals surface area contributed by atoms with Gasteiger partial charge >= 0.3 is 0 Å². The molecule has 250 valence electrons. The van der Waals surface area contributed by atoms with E-state index in [2.05, 4.69) is 22.1 Å². The third-order valence-electron chi connectivity index (χ3n) is 8.12. The zero-order chi connectivity index (χ0) is 34.0. The summed E-state index contributed by atoms with van der Waals surface area (Å²) in [6.07, 6.45) is 2.89. The summed E-state index contributed by atoms with van der Waals surface area (Å²) in [7, 11) is 0. The van der Waals surface area contributed by atoms with Crippen LogP contribution in [0, 0.1) is 17.1 Å². The van der Waals surface area contributed by atoms with E-state index in [9.17, 15) is 9.18 Å². The maximum atomic E-state index is 14.2. The molecular weight excluding hydrogens is 597 g/mol. The van der Waals surface area contributed by atoms with Gasteiger partial charge in [-0.15, -0.1) is 0 Å². The van der Waals surface area contributed by atoms with E-state index in [1.807, 2.05) is 58.9 Å². The van der Waals surface area contributed by atoms with Crippen LogP contribution in [0.5, 0.6) is 5.88 Å². The fraction of sp³-hybridized carbons (Fsp3) is 0.459. The number of rotatable bonds is 12. The number of pyridine rings is 1. The van der Waals surface area contributed by atoms with Crippen molar-refractivity contribution in [2.75, 3.05) is 19.7 Å². The van der Waals surface area contributed by atoms with Crippen LogP contribution in [-0.4, -0.2) is 52.1 Å². The number of oxazole rings is 1. The molecule has 9 nitrogen and oxygen atoms in total. The Morgan fingerprint density at radius 3 is 2.62 bits per heavy atom. The number of fused-ring (bicyclic) bond motifs is 1. The molecule has 4 aromatic rings. The minimum Gasteiger partial charge on any atom is -0.473 e. The molecule has 1 N–H and O–H groups in total. The van der Waals surface area contributed by atoms with Crippen LogP contribution in [-0.2, 0) is 17.9 Å². The van der Waals surface area contributed by atoms with Gasteiger partial charge in [-0.1, -0.05) is 32.9 Å². The number of aromatic nitrogens is 2. The van der Waals surface area contributed by atoms with Crippen molar-refractivity contribution in [2.45, 2.75) is 91.5 Å². The van der Waals surface area contributed by atoms with E-state index < -0.39 is 11.4 Å². The molecule has 0 radical (unpaired) electrons. The molecule has 10 heteroatoms. The number of nitrogens with zero attached hydrogens (tertiary/aromatic N) is 4. The van der Waals surface area contributed by atoms with Gasteiger partial charge < -0.3 is 19.2 Å². The number of carbonyl (C=O) groups is 1. The quantitative estimate of drug-likeness (QED) is 0.168. The van der Waals surface area contributed by atoms with Crippen LogP contribution in [0.25, 0.3) is 11.1 Å². The summed E-state index contributed by atoms with van der Waals surface area (Å²) in [5.41, 5.74) is 2.92. The molecule has 1 atom stereocenters. The van der Waals surface area contributed by atoms with Crippen LogP contribution in [0.1, 0.15) is 99.8 Å². The molecule has 2 aromatic heterocycles. The maximum absolute atomic E-state index is 14.2. The Labute approximate surface area is 277 Å². The highest BCUT2D eigenvalue weighted by Gasteiger charge is 2.25. The molecule has 1 aliphatic rings. The topological polar surface area (TPSA) is 114 Å². The Morgan fingerprint density at radius 2 is 1.91 bits per heavy atom. The normalized spacial score (nSPS) is 14.6. The summed E-state index contributed by atoms with van der Waals surface area (Å²) < 4.78 is 31.9. The Balaban J connectivity index is 0.00000245. The van der Waals surface area contributed by atoms with Crippen LogP contribution in [0.2, 0.25) is 0 Å². The van der Waals surface area contributed by atoms with Crippen molar-refractivity contribution in [3.63, 3.8) is 0 Å². The van der Waals surface area contributed by atoms with Crippen molar-refractivity contribution >= 4 is 17.0 Å². The largest absolute Gasteiger partial charge is 0.473 e. The summed E-state index contributed by atoms with van der Waals surface area (Å²) in [4.78, 5) is 24.6. The monoisotopic (exact) mass is 643 g/mol. The summed E-state index contributed by atoms with van der Waals surface area (Å²) in [6.45, 7) is 14.7. The lowest BCUT2D eigenvalue weighted by Crippen LogP contribution is -2.47. The first-order valence-electron chi connectivity index (χ1n) is 16.5. The van der Waals surface area contributed by atoms with Crippen molar-refractivity contribution in [3.8, 4) is 11.9 Å². The van der Waals surface area contributed by atoms with Crippen LogP contribution in [0.4, 0.5) is 4.39 Å². The number of nitrogens with one attached hydrogen (secondary N) is 1. The summed E-state index contributed by atoms with van der Waals surface area (Å²) in [6, 6.07) is 17.3. The highest BCUT2D eigenvalue weighted by Crippen LogP contribution is 2.29. The van der Waals surface area contributed by atoms with Gasteiger partial charge in [0.15, 0.2) is 5.58 Å². The number of hydrogen-bond donors (Lipinski definition) is 1. The first kappa shape index (κ1) is 35.5. The van der Waals surface area contributed by atoms with Gasteiger partial charge in [-0.25, -0.2) is 14.4 Å². The van der Waals surface area contributed by atoms with Crippen molar-refractivity contribution in [2.24, 2.45) is 0 Å². The Morgan fingerprint density at radius 1 is 1.15 bits per heavy atom. The van der Waals surface area contributed by atoms with Crippen LogP contribution < -0.4 is 10.1 Å². The fourth-order valence-electron chi connectivity index (χ4n) is 5.27. The lowest BCUT2D eigenvalue weighted by Gasteiger charge is -2.30. The van der Waals surface area contributed by atoms with Crippen molar-refractivity contribution in [1.82, 2.24) is 20.2 Å². The van der Waals surface area contributed by atoms with Crippen molar-refractivity contribution in [1.29, 1.82) is 5.26 Å². The zero-order valence-electron chi connectivity index (χ0n) is 28.3. The predicted octanol–water partition coefficient (Wildman–Crippen LogP) is 7.54. The van der Waals surface area contributed by atoms with E-state index in [1.165, 1.54) is 6.07 Å². The fourth-order valence-corrected chi connectivity index (χ4v) is 5.27. The SMILES string of the molecule is CC.CCC(C)OCC(C)(C)NC(=O)c1ccc2nc(CN3CCC(c4cccc(OCc5ccc(C#N)cc5F)n4)CC3)oc2c1. The highest BCUT2D eigenvalue weighted by atomic mass is 19.1. The number of likely N-dealkylation sites (tertiary alicyclic amines) is 1. The van der Waals surface area contributed by atoms with E-state index in [4.69, 9.17) is 24.1 Å². The lowest BCUT2D eigenvalue weighted by atomic mass is 9.93. The number of hydrogen-bond acceptors (Lipinski definition) is 8. The number of piperidine rings is 1. The van der Waals surface area contributed by atoms with E-state index in [0.717, 1.165) is 43.6 Å². The molecule has 47 heavy (non-hydrogen) atoms. The van der Waals surface area contributed by atoms with Gasteiger partial charge in [0.25, 0.3) is 5.91 Å². The molecule has 0 bridgehead atoms. The van der Waals surface area contributed by atoms with Gasteiger partial charge in [-0.2, -0.15) is 5.26 Å². The molecule has 0 aliphatic carbocycles. The second kappa shape index (κ2) is 16.5. The smallest absolute Gasteiger partial charge is 0.251 e. The molecule has 1 aliphatic heterocycles. The molecule has 1 amide bonds. The number of carbonyl (C=O) groups excluding carboxylic acids is 1. The molecule has 0 spiro atoms. The second-order valence-corrected chi connectivity index (χ2v) is 12.3. The number of halogens is 1. The average molecular weight is 644 g/mol. The third kappa shape index (κ3) is 9.83. The zero-order valence-corrected chi connectivity index (χ0v) is 28.3. The second-order valence-electron chi connectivity index (χ2n) is 12.3. The Bertz CT molecular complexity index is 1670. The standard InChI is InChI=1S/C35H40FN5O4.C2H6/c1-5-23(2)44-22-35(3,4)40-34(42)26-11-12-30-31(18-26)45-33(39-30)20-41-15-13-25(14-16-41)29-7-6-8-32(38-29)43-21-27-10-9-24(19-37)17-28(27)36;1-2/h6-12,17-18,23,25H,5,13-16,20-22H2,1-4H3,(H,40,42);1-2H3. The van der Waals surface area contributed by atoms with Crippen molar-refractivity contribution in [3.05, 3.63) is 88.7 Å². The average Bonchev–Trinajstić information content (AvgIpc) is 3.49. The van der Waals surface area contributed by atoms with Crippen LogP contribution in [0.15, 0.2) is 59.0 Å². The first-order chi connectivity index (χ1) is 22.6. The molecule has 1 saturated heterocycles. The summed E-state index contributed by atoms with van der Waals surface area (Å²) in [5.74, 6) is 0.693. The van der Waals surface area contributed by atoms with Crippen molar-refractivity contribution < 1.29 is 23.1 Å². The molecule has 3 heterocycles. The summed E-state index contributed by atoms with van der Waals surface area (Å²) in [5, 5.41) is 12.0. The van der Waals surface area contributed by atoms with Crippen LogP contribution in [0.3, 0.4) is 0 Å². The minimum atomic E-state index is -0.510. The lowest BCUT2D eigenvalue weighted by molar-refractivity contribution is 0.0259. The van der Waals surface area contributed by atoms with Gasteiger partial charge in [0, 0.05) is 28.8 Å². The van der Waals surface area contributed by atoms with E-state index in [0.29, 0.717) is 41.6 Å². The minimum absolute atomic E-state index is 0.0361. The highest BCUT2D eigenvalue weighted by molar-refractivity contribution is 5.97. The summed E-state index contributed by atoms with van der Waals surface area (Å²) >= 11 is 0. The number of benzene rings is 2. The van der Waals surface area contributed by atoms with Gasteiger partial charge in [-0.05, 0) is 89.5 Å². The van der Waals surface area contributed by atoms with Gasteiger partial charge in [0.05, 0.1) is 36.4 Å². The molecule has 5 rings (SSSR count). The van der Waals surface area contributed by atoms with E-state index in [1.54, 1.807) is 30.3 Å². The molecular formula is C37H46FN5O4. The Hall–Kier alpha value is -4.33. The molecule has 1 unspecified atom stereocenters. The van der Waals surface area contributed by atoms with Gasteiger partial charge in [0.1, 0.15) is 17.9 Å². The molecule has 2 aromatic carbocycles.